The lowest BCUT2D eigenvalue weighted by Gasteiger charge is -2.43. The number of alkyl halides is 3. The van der Waals surface area contributed by atoms with Gasteiger partial charge in [-0.1, -0.05) is 24.3 Å². The summed E-state index contributed by atoms with van der Waals surface area (Å²) in [5, 5.41) is 9.19. The van der Waals surface area contributed by atoms with Gasteiger partial charge in [-0.05, 0) is 53.8 Å². The van der Waals surface area contributed by atoms with Crippen LogP contribution in [0.25, 0.3) is 11.1 Å². The van der Waals surface area contributed by atoms with Crippen LogP contribution in [-0.4, -0.2) is 28.9 Å². The van der Waals surface area contributed by atoms with Gasteiger partial charge in [-0.25, -0.2) is 0 Å². The third-order valence-corrected chi connectivity index (χ3v) is 6.53. The standard InChI is InChI=1S/C26H22F3N3O2/c27-26(28,29)34-22-6-4-20(5-7-22)23-8-9-24(33)32-15-19-11-21(25(23)32)16-31(14-19)13-18-3-1-2-17(10-18)12-30/h1-10,19,21H,11,13-16H2/t19-,21+/m0/s1. The van der Waals surface area contributed by atoms with E-state index in [4.69, 9.17) is 0 Å². The predicted octanol–water partition coefficient (Wildman–Crippen LogP) is 4.90. The lowest BCUT2D eigenvalue weighted by Crippen LogP contribution is -2.47. The zero-order valence-electron chi connectivity index (χ0n) is 18.3. The fraction of sp³-hybridized carbons (Fsp3) is 0.308. The van der Waals surface area contributed by atoms with E-state index in [-0.39, 0.29) is 17.2 Å². The minimum absolute atomic E-state index is 0.0550. The average molecular weight is 465 g/mol. The number of fused-ring (bicyclic) bond motifs is 4. The number of hydrogen-bond donors (Lipinski definition) is 0. The minimum atomic E-state index is -4.74. The highest BCUT2D eigenvalue weighted by Gasteiger charge is 2.36. The van der Waals surface area contributed by atoms with Gasteiger partial charge < -0.3 is 9.30 Å². The molecule has 0 saturated carbocycles. The van der Waals surface area contributed by atoms with Crippen LogP contribution in [0.3, 0.4) is 0 Å². The van der Waals surface area contributed by atoms with Crippen molar-refractivity contribution in [3.05, 3.63) is 87.8 Å². The smallest absolute Gasteiger partial charge is 0.406 e. The van der Waals surface area contributed by atoms with Crippen molar-refractivity contribution in [3.63, 3.8) is 0 Å². The molecule has 0 radical (unpaired) electrons. The van der Waals surface area contributed by atoms with Crippen molar-refractivity contribution in [2.45, 2.75) is 31.8 Å². The number of benzene rings is 2. The minimum Gasteiger partial charge on any atom is -0.406 e. The molecule has 8 heteroatoms. The molecule has 1 fully saturated rings. The summed E-state index contributed by atoms with van der Waals surface area (Å²) in [5.74, 6) is 0.185. The Morgan fingerprint density at radius 3 is 2.56 bits per heavy atom. The highest BCUT2D eigenvalue weighted by molar-refractivity contribution is 5.67. The summed E-state index contributed by atoms with van der Waals surface area (Å²) in [6.45, 7) is 2.97. The molecule has 174 valence electrons. The van der Waals surface area contributed by atoms with Crippen LogP contribution in [0.2, 0.25) is 0 Å². The molecule has 3 aromatic rings. The van der Waals surface area contributed by atoms with Gasteiger partial charge in [-0.3, -0.25) is 9.69 Å². The molecule has 0 N–H and O–H groups in total. The Bertz CT molecular complexity index is 1310. The van der Waals surface area contributed by atoms with Crippen LogP contribution >= 0.6 is 0 Å². The zero-order valence-corrected chi connectivity index (χ0v) is 18.3. The quantitative estimate of drug-likeness (QED) is 0.550. The number of hydrogen-bond acceptors (Lipinski definition) is 4. The second-order valence-electron chi connectivity index (χ2n) is 8.96. The Morgan fingerprint density at radius 2 is 1.82 bits per heavy atom. The number of piperidine rings is 1. The van der Waals surface area contributed by atoms with Crippen molar-refractivity contribution in [1.29, 1.82) is 5.26 Å². The molecule has 2 aromatic carbocycles. The average Bonchev–Trinajstić information content (AvgIpc) is 2.79. The summed E-state index contributed by atoms with van der Waals surface area (Å²) in [5.41, 5.74) is 4.19. The summed E-state index contributed by atoms with van der Waals surface area (Å²) < 4.78 is 43.4. The van der Waals surface area contributed by atoms with Crippen molar-refractivity contribution in [2.24, 2.45) is 5.92 Å². The lowest BCUT2D eigenvalue weighted by molar-refractivity contribution is -0.274. The Balaban J connectivity index is 1.44. The summed E-state index contributed by atoms with van der Waals surface area (Å²) in [4.78, 5) is 15.1. The van der Waals surface area contributed by atoms with Gasteiger partial charge in [0.15, 0.2) is 0 Å². The van der Waals surface area contributed by atoms with Crippen LogP contribution in [0.4, 0.5) is 13.2 Å². The van der Waals surface area contributed by atoms with E-state index in [9.17, 15) is 23.2 Å². The Morgan fingerprint density at radius 1 is 1.03 bits per heavy atom. The van der Waals surface area contributed by atoms with Crippen molar-refractivity contribution in [3.8, 4) is 22.9 Å². The first-order chi connectivity index (χ1) is 16.3. The summed E-state index contributed by atoms with van der Waals surface area (Å²) in [6.07, 6.45) is -3.78. The molecule has 0 aliphatic carbocycles. The maximum Gasteiger partial charge on any atom is 0.573 e. The molecule has 2 aliphatic heterocycles. The van der Waals surface area contributed by atoms with Crippen molar-refractivity contribution < 1.29 is 17.9 Å². The number of likely N-dealkylation sites (tertiary alicyclic amines) is 1. The Labute approximate surface area is 194 Å². The number of nitrogens with zero attached hydrogens (tertiary/aromatic N) is 3. The number of nitriles is 1. The van der Waals surface area contributed by atoms with Crippen LogP contribution in [0.5, 0.6) is 5.75 Å². The maximum atomic E-state index is 12.7. The maximum absolute atomic E-state index is 12.7. The molecule has 1 aromatic heterocycles. The largest absolute Gasteiger partial charge is 0.573 e. The predicted molar refractivity (Wildman–Crippen MR) is 120 cm³/mol. The topological polar surface area (TPSA) is 58.3 Å². The molecule has 1 saturated heterocycles. The molecule has 0 spiro atoms. The molecule has 5 rings (SSSR count). The second-order valence-corrected chi connectivity index (χ2v) is 8.96. The highest BCUT2D eigenvalue weighted by atomic mass is 19.4. The molecule has 2 atom stereocenters. The van der Waals surface area contributed by atoms with Crippen molar-refractivity contribution >= 4 is 0 Å². The zero-order chi connectivity index (χ0) is 23.9. The molecule has 34 heavy (non-hydrogen) atoms. The molecule has 2 bridgehead atoms. The second kappa shape index (κ2) is 8.65. The normalized spacial score (nSPS) is 19.8. The number of ether oxygens (including phenoxy) is 1. The van der Waals surface area contributed by atoms with Crippen LogP contribution in [-0.2, 0) is 13.1 Å². The number of pyridine rings is 1. The molecule has 0 unspecified atom stereocenters. The first-order valence-electron chi connectivity index (χ1n) is 11.1. The molecule has 5 nitrogen and oxygen atoms in total. The molecule has 3 heterocycles. The van der Waals surface area contributed by atoms with Crippen LogP contribution in [0, 0.1) is 17.2 Å². The van der Waals surface area contributed by atoms with E-state index >= 15 is 0 Å². The van der Waals surface area contributed by atoms with Crippen LogP contribution < -0.4 is 10.3 Å². The van der Waals surface area contributed by atoms with Crippen LogP contribution in [0.15, 0.2) is 65.5 Å². The van der Waals surface area contributed by atoms with E-state index in [1.165, 1.54) is 18.2 Å². The fourth-order valence-corrected chi connectivity index (χ4v) is 5.32. The molecule has 0 amide bonds. The summed E-state index contributed by atoms with van der Waals surface area (Å²) in [6, 6.07) is 18.9. The third kappa shape index (κ3) is 4.57. The van der Waals surface area contributed by atoms with Gasteiger partial charge in [-0.15, -0.1) is 13.2 Å². The van der Waals surface area contributed by atoms with E-state index in [0.29, 0.717) is 18.0 Å². The third-order valence-electron chi connectivity index (χ3n) is 6.53. The number of rotatable bonds is 4. The van der Waals surface area contributed by atoms with Gasteiger partial charge in [0.05, 0.1) is 11.6 Å². The number of aromatic nitrogens is 1. The lowest BCUT2D eigenvalue weighted by atomic mass is 9.80. The van der Waals surface area contributed by atoms with Gasteiger partial charge in [0, 0.05) is 49.4 Å². The van der Waals surface area contributed by atoms with Gasteiger partial charge in [0.25, 0.3) is 5.56 Å². The van der Waals surface area contributed by atoms with Gasteiger partial charge in [0.1, 0.15) is 5.75 Å². The highest BCUT2D eigenvalue weighted by Crippen LogP contribution is 2.40. The Hall–Kier alpha value is -3.57. The SMILES string of the molecule is N#Cc1cccc(CN2C[C@@H]3C[C@H](C2)c2c(-c4ccc(OC(F)(F)F)cc4)ccc(=O)n2C3)c1. The van der Waals surface area contributed by atoms with Gasteiger partial charge in [0.2, 0.25) is 0 Å². The number of halogens is 3. The van der Waals surface area contributed by atoms with E-state index in [1.807, 2.05) is 22.8 Å². The first-order valence-corrected chi connectivity index (χ1v) is 11.1. The monoisotopic (exact) mass is 465 g/mol. The molecule has 2 aliphatic rings. The summed E-state index contributed by atoms with van der Waals surface area (Å²) in [7, 11) is 0. The van der Waals surface area contributed by atoms with Crippen molar-refractivity contribution in [1.82, 2.24) is 9.47 Å². The summed E-state index contributed by atoms with van der Waals surface area (Å²) >= 11 is 0. The van der Waals surface area contributed by atoms with Gasteiger partial charge >= 0.3 is 6.36 Å². The van der Waals surface area contributed by atoms with E-state index in [0.717, 1.165) is 48.4 Å². The van der Waals surface area contributed by atoms with E-state index in [1.54, 1.807) is 24.3 Å². The van der Waals surface area contributed by atoms with Crippen molar-refractivity contribution in [2.75, 3.05) is 13.1 Å². The fourth-order valence-electron chi connectivity index (χ4n) is 5.32. The van der Waals surface area contributed by atoms with E-state index < -0.39 is 6.36 Å². The van der Waals surface area contributed by atoms with Crippen LogP contribution in [0.1, 0.15) is 29.2 Å². The molecular weight excluding hydrogens is 443 g/mol. The van der Waals surface area contributed by atoms with E-state index in [2.05, 4.69) is 15.7 Å². The van der Waals surface area contributed by atoms with Gasteiger partial charge in [-0.2, -0.15) is 5.26 Å². The molecular formula is C26H22F3N3O2. The Kier molecular flexibility index (Phi) is 5.66. The first kappa shape index (κ1) is 22.2.